The van der Waals surface area contributed by atoms with Gasteiger partial charge in [0.15, 0.2) is 0 Å². The summed E-state index contributed by atoms with van der Waals surface area (Å²) in [6.07, 6.45) is 16.4. The highest BCUT2D eigenvalue weighted by Crippen LogP contribution is 2.17. The molecule has 0 aliphatic carbocycles. The first-order valence-corrected chi connectivity index (χ1v) is 11.5. The molecule has 0 saturated heterocycles. The minimum absolute atomic E-state index is 0.0644. The second-order valence-electron chi connectivity index (χ2n) is 7.90. The summed E-state index contributed by atoms with van der Waals surface area (Å²) in [6.45, 7) is 0.519. The van der Waals surface area contributed by atoms with E-state index in [4.69, 9.17) is 14.9 Å². The third kappa shape index (κ3) is 14.2. The number of unbranched alkanes of at least 4 members (excludes halogenated alkanes) is 9. The molecule has 30 heavy (non-hydrogen) atoms. The Hall–Kier alpha value is -1.85. The largest absolute Gasteiger partial charge is 0.508 e. The molecule has 170 valence electrons. The number of esters is 1. The molecule has 1 aromatic rings. The van der Waals surface area contributed by atoms with E-state index in [1.807, 2.05) is 0 Å². The summed E-state index contributed by atoms with van der Waals surface area (Å²) in [5.41, 5.74) is 0.839. The number of phenols is 1. The minimum Gasteiger partial charge on any atom is -0.508 e. The SMILES string of the molecule is O=C(C=Cc1ccc(O)cc1)OC(CCCCCCO)CCCCCCCCCO. The van der Waals surface area contributed by atoms with Crippen LogP contribution in [0.4, 0.5) is 0 Å². The topological polar surface area (TPSA) is 87.0 Å². The third-order valence-corrected chi connectivity index (χ3v) is 5.21. The van der Waals surface area contributed by atoms with Crippen molar-refractivity contribution < 1.29 is 24.9 Å². The second-order valence-corrected chi connectivity index (χ2v) is 7.90. The van der Waals surface area contributed by atoms with E-state index in [1.165, 1.54) is 25.3 Å². The van der Waals surface area contributed by atoms with Gasteiger partial charge in [0.25, 0.3) is 0 Å². The van der Waals surface area contributed by atoms with Gasteiger partial charge < -0.3 is 20.1 Å². The van der Waals surface area contributed by atoms with E-state index in [1.54, 1.807) is 30.3 Å². The van der Waals surface area contributed by atoms with Gasteiger partial charge in [-0.25, -0.2) is 4.79 Å². The number of phenolic OH excluding ortho intramolecular Hbond substituents is 1. The van der Waals surface area contributed by atoms with Gasteiger partial charge in [0.05, 0.1) is 0 Å². The third-order valence-electron chi connectivity index (χ3n) is 5.21. The quantitative estimate of drug-likeness (QED) is 0.169. The smallest absolute Gasteiger partial charge is 0.331 e. The maximum absolute atomic E-state index is 12.3. The molecule has 0 bridgehead atoms. The van der Waals surface area contributed by atoms with E-state index in [9.17, 15) is 9.90 Å². The molecule has 0 radical (unpaired) electrons. The van der Waals surface area contributed by atoms with Gasteiger partial charge in [-0.15, -0.1) is 0 Å². The van der Waals surface area contributed by atoms with Crippen molar-refractivity contribution >= 4 is 12.0 Å². The highest BCUT2D eigenvalue weighted by Gasteiger charge is 2.12. The zero-order valence-corrected chi connectivity index (χ0v) is 18.3. The van der Waals surface area contributed by atoms with Gasteiger partial charge in [-0.05, 0) is 62.3 Å². The fourth-order valence-corrected chi connectivity index (χ4v) is 3.42. The van der Waals surface area contributed by atoms with E-state index in [-0.39, 0.29) is 31.0 Å². The Morgan fingerprint density at radius 1 is 0.767 bits per heavy atom. The second kappa shape index (κ2) is 18.0. The number of hydrogen-bond acceptors (Lipinski definition) is 5. The lowest BCUT2D eigenvalue weighted by Crippen LogP contribution is -2.17. The summed E-state index contributed by atoms with van der Waals surface area (Å²) >= 11 is 0. The Balaban J connectivity index is 2.37. The molecule has 0 fully saturated rings. The van der Waals surface area contributed by atoms with Crippen molar-refractivity contribution in [3.8, 4) is 5.75 Å². The molecule has 0 saturated carbocycles. The highest BCUT2D eigenvalue weighted by molar-refractivity contribution is 5.87. The van der Waals surface area contributed by atoms with E-state index in [0.29, 0.717) is 0 Å². The Kier molecular flexibility index (Phi) is 15.7. The summed E-state index contributed by atoms with van der Waals surface area (Å²) in [6, 6.07) is 6.67. The summed E-state index contributed by atoms with van der Waals surface area (Å²) in [5.74, 6) is -0.128. The molecular weight excluding hydrogens is 380 g/mol. The Morgan fingerprint density at radius 3 is 1.73 bits per heavy atom. The lowest BCUT2D eigenvalue weighted by Gasteiger charge is -2.17. The van der Waals surface area contributed by atoms with Crippen LogP contribution in [0.3, 0.4) is 0 Å². The molecule has 1 unspecified atom stereocenters. The van der Waals surface area contributed by atoms with Crippen LogP contribution in [0.2, 0.25) is 0 Å². The number of aromatic hydroxyl groups is 1. The number of carbonyl (C=O) groups is 1. The van der Waals surface area contributed by atoms with Crippen LogP contribution >= 0.6 is 0 Å². The average molecular weight is 421 g/mol. The summed E-state index contributed by atoms with van der Waals surface area (Å²) < 4.78 is 5.71. The van der Waals surface area contributed by atoms with E-state index in [2.05, 4.69) is 0 Å². The van der Waals surface area contributed by atoms with Gasteiger partial charge >= 0.3 is 5.97 Å². The average Bonchev–Trinajstić information content (AvgIpc) is 2.74. The van der Waals surface area contributed by atoms with Crippen molar-refractivity contribution in [2.45, 2.75) is 89.6 Å². The van der Waals surface area contributed by atoms with Crippen molar-refractivity contribution in [3.63, 3.8) is 0 Å². The summed E-state index contributed by atoms with van der Waals surface area (Å²) in [7, 11) is 0. The van der Waals surface area contributed by atoms with Crippen LogP contribution in [0.5, 0.6) is 5.75 Å². The van der Waals surface area contributed by atoms with E-state index >= 15 is 0 Å². The van der Waals surface area contributed by atoms with Crippen LogP contribution in [0, 0.1) is 0 Å². The number of aliphatic hydroxyl groups excluding tert-OH is 2. The van der Waals surface area contributed by atoms with Crippen LogP contribution in [-0.2, 0) is 9.53 Å². The van der Waals surface area contributed by atoms with Gasteiger partial charge in [0.2, 0.25) is 0 Å². The maximum Gasteiger partial charge on any atom is 0.331 e. The molecule has 0 aromatic heterocycles. The number of hydrogen-bond donors (Lipinski definition) is 3. The predicted molar refractivity (Wildman–Crippen MR) is 121 cm³/mol. The number of rotatable bonds is 18. The van der Waals surface area contributed by atoms with Crippen LogP contribution in [0.1, 0.15) is 89.0 Å². The van der Waals surface area contributed by atoms with Gasteiger partial charge in [0.1, 0.15) is 11.9 Å². The monoisotopic (exact) mass is 420 g/mol. The van der Waals surface area contributed by atoms with Gasteiger partial charge in [-0.1, -0.05) is 57.1 Å². The van der Waals surface area contributed by atoms with Crippen molar-refractivity contribution in [2.24, 2.45) is 0 Å². The predicted octanol–water partition coefficient (Wildman–Crippen LogP) is 5.37. The standard InChI is InChI=1S/C25H40O5/c26-20-10-6-3-1-2-4-8-12-24(13-9-5-7-11-21-27)30-25(29)19-16-22-14-17-23(28)18-15-22/h14-19,24,26-28H,1-13,20-21H2. The highest BCUT2D eigenvalue weighted by atomic mass is 16.5. The lowest BCUT2D eigenvalue weighted by atomic mass is 10.0. The molecule has 0 aliphatic heterocycles. The minimum atomic E-state index is -0.326. The van der Waals surface area contributed by atoms with Gasteiger partial charge in [-0.2, -0.15) is 0 Å². The molecule has 0 amide bonds. The zero-order valence-electron chi connectivity index (χ0n) is 18.3. The van der Waals surface area contributed by atoms with Crippen molar-refractivity contribution in [2.75, 3.05) is 13.2 Å². The first-order valence-electron chi connectivity index (χ1n) is 11.5. The molecule has 1 atom stereocenters. The molecule has 5 heteroatoms. The number of carbonyl (C=O) groups excluding carboxylic acids is 1. The van der Waals surface area contributed by atoms with E-state index < -0.39 is 0 Å². The molecule has 0 spiro atoms. The zero-order chi connectivity index (χ0) is 21.9. The first-order chi connectivity index (χ1) is 14.7. The molecule has 0 heterocycles. The van der Waals surface area contributed by atoms with Crippen molar-refractivity contribution in [1.29, 1.82) is 0 Å². The fraction of sp³-hybridized carbons (Fsp3) is 0.640. The molecule has 1 rings (SSSR count). The van der Waals surface area contributed by atoms with Crippen LogP contribution in [0.15, 0.2) is 30.3 Å². The lowest BCUT2D eigenvalue weighted by molar-refractivity contribution is -0.143. The normalized spacial score (nSPS) is 12.3. The summed E-state index contributed by atoms with van der Waals surface area (Å²) in [4.78, 5) is 12.3. The first kappa shape index (κ1) is 26.2. The van der Waals surface area contributed by atoms with Gasteiger partial charge in [-0.3, -0.25) is 0 Å². The van der Waals surface area contributed by atoms with E-state index in [0.717, 1.165) is 69.8 Å². The van der Waals surface area contributed by atoms with Crippen LogP contribution in [0.25, 0.3) is 6.08 Å². The summed E-state index contributed by atoms with van der Waals surface area (Å²) in [5, 5.41) is 27.0. The number of benzene rings is 1. The van der Waals surface area contributed by atoms with Crippen molar-refractivity contribution in [1.82, 2.24) is 0 Å². The van der Waals surface area contributed by atoms with Gasteiger partial charge in [0, 0.05) is 19.3 Å². The molecule has 0 aliphatic rings. The maximum atomic E-state index is 12.3. The fourth-order valence-electron chi connectivity index (χ4n) is 3.42. The Bertz CT molecular complexity index is 567. The number of aliphatic hydroxyl groups is 2. The molecule has 3 N–H and O–H groups in total. The van der Waals surface area contributed by atoms with Crippen LogP contribution in [-0.4, -0.2) is 40.6 Å². The molecule has 1 aromatic carbocycles. The molecule has 5 nitrogen and oxygen atoms in total. The Labute approximate surface area is 181 Å². The molecular formula is C25H40O5. The Morgan fingerprint density at radius 2 is 1.23 bits per heavy atom. The number of ether oxygens (including phenoxy) is 1. The van der Waals surface area contributed by atoms with Crippen molar-refractivity contribution in [3.05, 3.63) is 35.9 Å². The van der Waals surface area contributed by atoms with Crippen LogP contribution < -0.4 is 0 Å².